The predicted molar refractivity (Wildman–Crippen MR) is 110 cm³/mol. The molecular weight excluding hydrogens is 372 g/mol. The number of pyridine rings is 1. The van der Waals surface area contributed by atoms with Crippen molar-refractivity contribution in [2.75, 3.05) is 12.3 Å². The van der Waals surface area contributed by atoms with Crippen molar-refractivity contribution in [3.63, 3.8) is 0 Å². The molecule has 5 aromatic rings. The minimum absolute atomic E-state index is 0.385. The van der Waals surface area contributed by atoms with Crippen LogP contribution in [0.3, 0.4) is 0 Å². The summed E-state index contributed by atoms with van der Waals surface area (Å²) in [4.78, 5) is 21.7. The van der Waals surface area contributed by atoms with Crippen LogP contribution in [0.15, 0.2) is 54.3 Å². The summed E-state index contributed by atoms with van der Waals surface area (Å²) in [5.41, 5.74) is 11.4. The van der Waals surface area contributed by atoms with Crippen LogP contribution in [0.5, 0.6) is 5.88 Å². The van der Waals surface area contributed by atoms with Gasteiger partial charge in [0.15, 0.2) is 16.2 Å². The topological polar surface area (TPSA) is 103 Å². The summed E-state index contributed by atoms with van der Waals surface area (Å²) in [7, 11) is 0. The molecule has 0 atom stereocenters. The van der Waals surface area contributed by atoms with Crippen molar-refractivity contribution in [1.29, 1.82) is 0 Å². The fourth-order valence-electron chi connectivity index (χ4n) is 3.16. The third-order valence-corrected chi connectivity index (χ3v) is 5.25. The lowest BCUT2D eigenvalue weighted by atomic mass is 10.1. The van der Waals surface area contributed by atoms with Crippen molar-refractivity contribution in [1.82, 2.24) is 24.9 Å². The number of ether oxygens (including phenoxy) is 1. The average Bonchev–Trinajstić information content (AvgIpc) is 3.35. The second-order valence-corrected chi connectivity index (χ2v) is 7.09. The van der Waals surface area contributed by atoms with Crippen molar-refractivity contribution in [3.8, 4) is 17.3 Å². The van der Waals surface area contributed by atoms with Crippen LogP contribution in [0.2, 0.25) is 0 Å². The number of nitrogens with two attached hydrogens (primary N) is 1. The van der Waals surface area contributed by atoms with E-state index in [9.17, 15) is 0 Å². The van der Waals surface area contributed by atoms with Gasteiger partial charge < -0.3 is 15.5 Å². The maximum absolute atomic E-state index is 6.02. The number of fused-ring (bicyclic) bond motifs is 2. The van der Waals surface area contributed by atoms with Gasteiger partial charge in [-0.15, -0.1) is 11.3 Å². The van der Waals surface area contributed by atoms with Crippen molar-refractivity contribution in [2.24, 2.45) is 0 Å². The molecule has 138 valence electrons. The molecule has 3 N–H and O–H groups in total. The normalized spacial score (nSPS) is 11.3. The van der Waals surface area contributed by atoms with Crippen LogP contribution in [0.1, 0.15) is 5.56 Å². The first-order chi connectivity index (χ1) is 13.8. The molecule has 0 aliphatic rings. The number of aromatic nitrogens is 5. The lowest BCUT2D eigenvalue weighted by Crippen LogP contribution is -2.05. The molecule has 0 fully saturated rings. The van der Waals surface area contributed by atoms with Crippen molar-refractivity contribution < 1.29 is 4.74 Å². The number of aromatic amines is 1. The Balaban J connectivity index is 1.44. The third-order valence-electron chi connectivity index (χ3n) is 4.53. The van der Waals surface area contributed by atoms with Crippen molar-refractivity contribution in [2.45, 2.75) is 6.42 Å². The summed E-state index contributed by atoms with van der Waals surface area (Å²) in [5.74, 6) is 1.34. The zero-order valence-corrected chi connectivity index (χ0v) is 15.6. The van der Waals surface area contributed by atoms with Crippen molar-refractivity contribution >= 4 is 38.4 Å². The first kappa shape index (κ1) is 16.6. The molecule has 0 unspecified atom stereocenters. The Morgan fingerprint density at radius 3 is 2.93 bits per heavy atom. The van der Waals surface area contributed by atoms with E-state index in [1.807, 2.05) is 30.5 Å². The first-order valence-corrected chi connectivity index (χ1v) is 9.67. The van der Waals surface area contributed by atoms with E-state index in [0.29, 0.717) is 35.2 Å². The molecule has 28 heavy (non-hydrogen) atoms. The molecule has 8 heteroatoms. The Labute approximate surface area is 164 Å². The largest absolute Gasteiger partial charge is 0.476 e. The number of para-hydroxylation sites is 1. The molecule has 0 bridgehead atoms. The van der Waals surface area contributed by atoms with E-state index in [1.54, 1.807) is 11.7 Å². The predicted octanol–water partition coefficient (Wildman–Crippen LogP) is 3.83. The Kier molecular flexibility index (Phi) is 4.10. The van der Waals surface area contributed by atoms with Crippen LogP contribution in [0.25, 0.3) is 32.6 Å². The molecule has 0 saturated heterocycles. The number of hydrogen-bond donors (Lipinski definition) is 2. The van der Waals surface area contributed by atoms with Gasteiger partial charge in [0.2, 0.25) is 5.88 Å². The number of nitrogens with one attached hydrogen (secondary N) is 1. The van der Waals surface area contributed by atoms with E-state index in [1.165, 1.54) is 22.3 Å². The average molecular weight is 388 g/mol. The molecule has 5 rings (SSSR count). The first-order valence-electron chi connectivity index (χ1n) is 8.79. The standard InChI is InChI=1S/C20H16N6OS/c21-17-14(5-3-8-22-17)18-25-19(16-20(26-18)28-11-24-16)27-9-7-12-10-23-15-6-2-1-4-13(12)15/h1-6,8,10-11,23H,7,9H2,(H2,21,22). The molecule has 1 aromatic carbocycles. The SMILES string of the molecule is Nc1ncccc1-c1nc(OCCc2c[nH]c3ccccc23)c2ncsc2n1. The molecule has 0 radical (unpaired) electrons. The smallest absolute Gasteiger partial charge is 0.245 e. The summed E-state index contributed by atoms with van der Waals surface area (Å²) in [5, 5.41) is 1.21. The second-order valence-electron chi connectivity index (χ2n) is 6.25. The minimum Gasteiger partial charge on any atom is -0.476 e. The number of rotatable bonds is 5. The molecule has 0 amide bonds. The van der Waals surface area contributed by atoms with Crippen LogP contribution in [-0.2, 0) is 6.42 Å². The summed E-state index contributed by atoms with van der Waals surface area (Å²) in [6, 6.07) is 11.9. The Morgan fingerprint density at radius 2 is 2.00 bits per heavy atom. The van der Waals surface area contributed by atoms with E-state index in [2.05, 4.69) is 37.1 Å². The number of hydrogen-bond acceptors (Lipinski definition) is 7. The molecule has 0 aliphatic heterocycles. The molecule has 4 aromatic heterocycles. The van der Waals surface area contributed by atoms with Gasteiger partial charge in [0.05, 0.1) is 17.7 Å². The zero-order chi connectivity index (χ0) is 18.9. The molecule has 0 spiro atoms. The van der Waals surface area contributed by atoms with Gasteiger partial charge in [0, 0.05) is 29.7 Å². The maximum atomic E-state index is 6.02. The van der Waals surface area contributed by atoms with Gasteiger partial charge in [-0.3, -0.25) is 0 Å². The number of nitrogen functional groups attached to an aromatic ring is 1. The van der Waals surface area contributed by atoms with Gasteiger partial charge in [-0.2, -0.15) is 4.98 Å². The molecule has 0 aliphatic carbocycles. The number of nitrogens with zero attached hydrogens (tertiary/aromatic N) is 4. The van der Waals surface area contributed by atoms with Gasteiger partial charge in [-0.25, -0.2) is 15.0 Å². The van der Waals surface area contributed by atoms with Gasteiger partial charge in [-0.05, 0) is 23.8 Å². The van der Waals surface area contributed by atoms with Gasteiger partial charge >= 0.3 is 0 Å². The van der Waals surface area contributed by atoms with Gasteiger partial charge in [-0.1, -0.05) is 18.2 Å². The van der Waals surface area contributed by atoms with Gasteiger partial charge in [0.25, 0.3) is 0 Å². The lowest BCUT2D eigenvalue weighted by molar-refractivity contribution is 0.313. The Hall–Kier alpha value is -3.52. The van der Waals surface area contributed by atoms with Crippen LogP contribution >= 0.6 is 11.3 Å². The van der Waals surface area contributed by atoms with Crippen LogP contribution in [0, 0.1) is 0 Å². The molecule has 0 saturated carbocycles. The van der Waals surface area contributed by atoms with E-state index in [-0.39, 0.29) is 0 Å². The minimum atomic E-state index is 0.385. The highest BCUT2D eigenvalue weighted by Gasteiger charge is 2.15. The third kappa shape index (κ3) is 2.93. The van der Waals surface area contributed by atoms with Crippen LogP contribution in [0.4, 0.5) is 5.82 Å². The van der Waals surface area contributed by atoms with Crippen LogP contribution < -0.4 is 10.5 Å². The highest BCUT2D eigenvalue weighted by Crippen LogP contribution is 2.29. The number of thiazole rings is 1. The summed E-state index contributed by atoms with van der Waals surface area (Å²) < 4.78 is 6.02. The van der Waals surface area contributed by atoms with E-state index in [0.717, 1.165) is 16.8 Å². The van der Waals surface area contributed by atoms with Gasteiger partial charge in [0.1, 0.15) is 5.82 Å². The number of benzene rings is 1. The van der Waals surface area contributed by atoms with Crippen LogP contribution in [-0.4, -0.2) is 31.5 Å². The fraction of sp³-hybridized carbons (Fsp3) is 0.100. The number of H-pyrrole nitrogens is 1. The van der Waals surface area contributed by atoms with Crippen molar-refractivity contribution in [3.05, 3.63) is 59.9 Å². The van der Waals surface area contributed by atoms with E-state index < -0.39 is 0 Å². The monoisotopic (exact) mass is 388 g/mol. The Morgan fingerprint density at radius 1 is 1.07 bits per heavy atom. The highest BCUT2D eigenvalue weighted by atomic mass is 32.1. The number of anilines is 1. The summed E-state index contributed by atoms with van der Waals surface area (Å²) in [6.07, 6.45) is 4.42. The molecule has 7 nitrogen and oxygen atoms in total. The molecular formula is C20H16N6OS. The zero-order valence-electron chi connectivity index (χ0n) is 14.8. The fourth-order valence-corrected chi connectivity index (χ4v) is 3.81. The second kappa shape index (κ2) is 6.90. The van der Waals surface area contributed by atoms with E-state index in [4.69, 9.17) is 10.5 Å². The van der Waals surface area contributed by atoms with E-state index >= 15 is 0 Å². The summed E-state index contributed by atoms with van der Waals surface area (Å²) >= 11 is 1.44. The maximum Gasteiger partial charge on any atom is 0.245 e. The summed E-state index contributed by atoms with van der Waals surface area (Å²) in [6.45, 7) is 0.480. The Bertz CT molecular complexity index is 1280. The highest BCUT2D eigenvalue weighted by molar-refractivity contribution is 7.16. The quantitative estimate of drug-likeness (QED) is 0.474. The molecule has 4 heterocycles. The lowest BCUT2D eigenvalue weighted by Gasteiger charge is -2.08.